The van der Waals surface area contributed by atoms with E-state index in [1.165, 1.54) is 11.3 Å². The molecule has 152 valence electrons. The lowest BCUT2D eigenvalue weighted by Crippen LogP contribution is -2.19. The van der Waals surface area contributed by atoms with Crippen LogP contribution in [0.15, 0.2) is 42.6 Å². The molecule has 0 aliphatic rings. The van der Waals surface area contributed by atoms with E-state index in [0.29, 0.717) is 29.7 Å². The Bertz CT molecular complexity index is 990. The van der Waals surface area contributed by atoms with Gasteiger partial charge >= 0.3 is 5.97 Å². The van der Waals surface area contributed by atoms with Crippen LogP contribution in [-0.4, -0.2) is 60.3 Å². The number of carbonyl (C=O) groups is 1. The van der Waals surface area contributed by atoms with Crippen LogP contribution in [0.5, 0.6) is 11.5 Å². The number of anilines is 2. The second-order valence-electron chi connectivity index (χ2n) is 6.38. The molecule has 0 unspecified atom stereocenters. The van der Waals surface area contributed by atoms with Gasteiger partial charge in [-0.25, -0.2) is 14.8 Å². The van der Waals surface area contributed by atoms with Gasteiger partial charge in [0.25, 0.3) is 0 Å². The molecule has 0 spiro atoms. The molecule has 0 radical (unpaired) electrons. The van der Waals surface area contributed by atoms with Crippen molar-refractivity contribution in [3.05, 3.63) is 47.5 Å². The molecule has 0 aliphatic carbocycles. The highest BCUT2D eigenvalue weighted by Crippen LogP contribution is 2.32. The number of nitrogens with zero attached hydrogens (tertiary/aromatic N) is 3. The zero-order valence-electron chi connectivity index (χ0n) is 16.4. The summed E-state index contributed by atoms with van der Waals surface area (Å²) in [6.07, 6.45) is 1.63. The zero-order valence-corrected chi connectivity index (χ0v) is 17.2. The molecule has 3 aromatic rings. The molecule has 2 aromatic heterocycles. The first-order valence-electron chi connectivity index (χ1n) is 8.85. The van der Waals surface area contributed by atoms with E-state index >= 15 is 0 Å². The maximum atomic E-state index is 11.1. The van der Waals surface area contributed by atoms with Crippen LogP contribution in [-0.2, 0) is 0 Å². The number of benzene rings is 1. The molecule has 2 N–H and O–H groups in total. The van der Waals surface area contributed by atoms with Gasteiger partial charge in [-0.15, -0.1) is 11.3 Å². The van der Waals surface area contributed by atoms with Gasteiger partial charge in [-0.1, -0.05) is 0 Å². The van der Waals surface area contributed by atoms with E-state index in [9.17, 15) is 4.79 Å². The maximum Gasteiger partial charge on any atom is 0.345 e. The average Bonchev–Trinajstić information content (AvgIpc) is 3.19. The van der Waals surface area contributed by atoms with Crippen LogP contribution in [0.4, 0.5) is 11.6 Å². The molecular weight excluding hydrogens is 392 g/mol. The van der Waals surface area contributed by atoms with E-state index in [1.807, 2.05) is 37.2 Å². The summed E-state index contributed by atoms with van der Waals surface area (Å²) in [5.41, 5.74) is 1.40. The Kier molecular flexibility index (Phi) is 6.63. The number of hydrogen-bond donors (Lipinski definition) is 2. The quantitative estimate of drug-likeness (QED) is 0.548. The number of thiophene rings is 1. The summed E-state index contributed by atoms with van der Waals surface area (Å²) in [4.78, 5) is 22.9. The number of carboxylic acid groups (broad SMARTS) is 1. The lowest BCUT2D eigenvalue weighted by atomic mass is 10.2. The van der Waals surface area contributed by atoms with E-state index in [2.05, 4.69) is 15.3 Å². The normalized spacial score (nSPS) is 10.8. The van der Waals surface area contributed by atoms with E-state index in [1.54, 1.807) is 31.5 Å². The third kappa shape index (κ3) is 5.43. The van der Waals surface area contributed by atoms with Crippen LogP contribution in [0.3, 0.4) is 0 Å². The predicted molar refractivity (Wildman–Crippen MR) is 113 cm³/mol. The Morgan fingerprint density at radius 1 is 1.21 bits per heavy atom. The van der Waals surface area contributed by atoms with E-state index in [4.69, 9.17) is 14.6 Å². The third-order valence-electron chi connectivity index (χ3n) is 3.94. The fourth-order valence-electron chi connectivity index (χ4n) is 2.48. The minimum Gasteiger partial charge on any atom is -0.493 e. The second-order valence-corrected chi connectivity index (χ2v) is 7.46. The van der Waals surface area contributed by atoms with Crippen LogP contribution >= 0.6 is 11.3 Å². The number of hydrogen-bond acceptors (Lipinski definition) is 8. The molecule has 9 heteroatoms. The Morgan fingerprint density at radius 3 is 2.72 bits per heavy atom. The molecule has 2 heterocycles. The first-order chi connectivity index (χ1) is 14.0. The summed E-state index contributed by atoms with van der Waals surface area (Å²) in [5, 5.41) is 12.3. The van der Waals surface area contributed by atoms with Crippen molar-refractivity contribution in [2.24, 2.45) is 0 Å². The van der Waals surface area contributed by atoms with Crippen molar-refractivity contribution in [2.75, 3.05) is 39.7 Å². The molecule has 0 amide bonds. The number of likely N-dealkylation sites (N-methyl/N-ethyl adjacent to an activating group) is 1. The molecule has 0 saturated heterocycles. The van der Waals surface area contributed by atoms with Crippen LogP contribution in [0.2, 0.25) is 0 Å². The summed E-state index contributed by atoms with van der Waals surface area (Å²) in [6, 6.07) is 10.5. The minimum atomic E-state index is -0.950. The highest BCUT2D eigenvalue weighted by atomic mass is 32.1. The molecule has 1 aromatic carbocycles. The smallest absolute Gasteiger partial charge is 0.345 e. The summed E-state index contributed by atoms with van der Waals surface area (Å²) in [5.74, 6) is 0.717. The molecule has 29 heavy (non-hydrogen) atoms. The highest BCUT2D eigenvalue weighted by molar-refractivity contribution is 7.17. The van der Waals surface area contributed by atoms with Crippen LogP contribution in [0, 0.1) is 0 Å². The second kappa shape index (κ2) is 9.35. The predicted octanol–water partition coefficient (Wildman–Crippen LogP) is 3.60. The number of rotatable bonds is 9. The van der Waals surface area contributed by atoms with Crippen molar-refractivity contribution in [1.29, 1.82) is 0 Å². The SMILES string of the molecule is COc1ccc(Nc2nccc(-c3ccc(C(=O)O)s3)n2)cc1OCCN(C)C. The highest BCUT2D eigenvalue weighted by Gasteiger charge is 2.11. The van der Waals surface area contributed by atoms with Gasteiger partial charge in [0.1, 0.15) is 11.5 Å². The lowest BCUT2D eigenvalue weighted by molar-refractivity contribution is 0.0702. The fourth-order valence-corrected chi connectivity index (χ4v) is 3.30. The molecule has 0 aliphatic heterocycles. The van der Waals surface area contributed by atoms with Crippen molar-refractivity contribution >= 4 is 28.9 Å². The maximum absolute atomic E-state index is 11.1. The Balaban J connectivity index is 1.77. The van der Waals surface area contributed by atoms with Crippen molar-refractivity contribution in [1.82, 2.24) is 14.9 Å². The summed E-state index contributed by atoms with van der Waals surface area (Å²) in [7, 11) is 5.56. The van der Waals surface area contributed by atoms with Gasteiger partial charge in [0.05, 0.1) is 17.7 Å². The molecular formula is C20H22N4O4S. The van der Waals surface area contributed by atoms with E-state index < -0.39 is 5.97 Å². The summed E-state index contributed by atoms with van der Waals surface area (Å²) < 4.78 is 11.2. The van der Waals surface area contributed by atoms with Gasteiger partial charge < -0.3 is 24.8 Å². The molecule has 0 fully saturated rings. The number of carboxylic acids is 1. The first-order valence-corrected chi connectivity index (χ1v) is 9.67. The zero-order chi connectivity index (χ0) is 20.8. The number of methoxy groups -OCH3 is 1. The largest absolute Gasteiger partial charge is 0.493 e. The number of aromatic carboxylic acids is 1. The van der Waals surface area contributed by atoms with E-state index in [-0.39, 0.29) is 4.88 Å². The van der Waals surface area contributed by atoms with Crippen LogP contribution < -0.4 is 14.8 Å². The van der Waals surface area contributed by atoms with Crippen molar-refractivity contribution in [2.45, 2.75) is 0 Å². The van der Waals surface area contributed by atoms with Gasteiger partial charge in [0.15, 0.2) is 11.5 Å². The average molecular weight is 414 g/mol. The number of ether oxygens (including phenoxy) is 2. The topological polar surface area (TPSA) is 96.8 Å². The molecule has 8 nitrogen and oxygen atoms in total. The molecule has 0 atom stereocenters. The van der Waals surface area contributed by atoms with Gasteiger partial charge in [-0.3, -0.25) is 0 Å². The molecule has 0 bridgehead atoms. The van der Waals surface area contributed by atoms with Gasteiger partial charge in [-0.2, -0.15) is 0 Å². The Labute approximate surface area is 172 Å². The fraction of sp³-hybridized carbons (Fsp3) is 0.250. The molecule has 3 rings (SSSR count). The molecule has 0 saturated carbocycles. The van der Waals surface area contributed by atoms with E-state index in [0.717, 1.165) is 17.1 Å². The number of aromatic nitrogens is 2. The number of nitrogens with one attached hydrogen (secondary N) is 1. The third-order valence-corrected chi connectivity index (χ3v) is 5.04. The van der Waals surface area contributed by atoms with Crippen molar-refractivity contribution in [3.63, 3.8) is 0 Å². The van der Waals surface area contributed by atoms with Gasteiger partial charge in [0, 0.05) is 24.5 Å². The van der Waals surface area contributed by atoms with Gasteiger partial charge in [-0.05, 0) is 44.4 Å². The standard InChI is InChI=1S/C20H22N4O4S/c1-24(2)10-11-28-16-12-13(4-5-15(16)27-3)22-20-21-9-8-14(23-20)17-6-7-18(29-17)19(25)26/h4-9,12H,10-11H2,1-3H3,(H,25,26)(H,21,22,23). The van der Waals surface area contributed by atoms with Crippen molar-refractivity contribution < 1.29 is 19.4 Å². The summed E-state index contributed by atoms with van der Waals surface area (Å²) >= 11 is 1.17. The monoisotopic (exact) mass is 414 g/mol. The first kappa shape index (κ1) is 20.6. The van der Waals surface area contributed by atoms with Gasteiger partial charge in [0.2, 0.25) is 5.95 Å². The van der Waals surface area contributed by atoms with Crippen LogP contribution in [0.25, 0.3) is 10.6 Å². The Hall–Kier alpha value is -3.17. The minimum absolute atomic E-state index is 0.266. The summed E-state index contributed by atoms with van der Waals surface area (Å²) in [6.45, 7) is 1.31. The Morgan fingerprint density at radius 2 is 2.03 bits per heavy atom. The van der Waals surface area contributed by atoms with Crippen molar-refractivity contribution in [3.8, 4) is 22.1 Å². The lowest BCUT2D eigenvalue weighted by Gasteiger charge is -2.15. The van der Waals surface area contributed by atoms with Crippen LogP contribution in [0.1, 0.15) is 9.67 Å².